The van der Waals surface area contributed by atoms with Gasteiger partial charge in [0, 0.05) is 44.8 Å². The molecule has 1 heterocycles. The third-order valence-corrected chi connectivity index (χ3v) is 6.72. The van der Waals surface area contributed by atoms with Crippen molar-refractivity contribution in [1.82, 2.24) is 9.62 Å². The molecule has 28 heavy (non-hydrogen) atoms. The van der Waals surface area contributed by atoms with Crippen molar-refractivity contribution in [2.24, 2.45) is 0 Å². The van der Waals surface area contributed by atoms with Crippen molar-refractivity contribution in [3.05, 3.63) is 59.1 Å². The number of rotatable bonds is 6. The van der Waals surface area contributed by atoms with Gasteiger partial charge in [-0.25, -0.2) is 13.1 Å². The van der Waals surface area contributed by atoms with Gasteiger partial charge in [0.1, 0.15) is 4.90 Å². The topological polar surface area (TPSA) is 69.7 Å². The van der Waals surface area contributed by atoms with Gasteiger partial charge in [-0.3, -0.25) is 4.79 Å². The van der Waals surface area contributed by atoms with Crippen LogP contribution < -0.4 is 9.62 Å². The van der Waals surface area contributed by atoms with Gasteiger partial charge in [0.2, 0.25) is 15.9 Å². The normalized spacial score (nSPS) is 14.9. The first-order valence-corrected chi connectivity index (χ1v) is 11.1. The summed E-state index contributed by atoms with van der Waals surface area (Å²) in [5.74, 6) is -0.0502. The second kappa shape index (κ2) is 8.94. The minimum atomic E-state index is -3.73. The lowest BCUT2D eigenvalue weighted by Gasteiger charge is -2.36. The molecular weight excluding hydrogens is 398 g/mol. The van der Waals surface area contributed by atoms with Crippen LogP contribution in [-0.4, -0.2) is 51.9 Å². The Hall–Kier alpha value is -2.09. The Morgan fingerprint density at radius 1 is 1.07 bits per heavy atom. The van der Waals surface area contributed by atoms with E-state index in [1.54, 1.807) is 17.0 Å². The molecular formula is C20H24ClN3O3S. The number of benzene rings is 2. The van der Waals surface area contributed by atoms with E-state index in [2.05, 4.69) is 34.7 Å². The summed E-state index contributed by atoms with van der Waals surface area (Å²) >= 11 is 5.95. The van der Waals surface area contributed by atoms with Crippen molar-refractivity contribution in [3.8, 4) is 0 Å². The number of hydrogen-bond donors (Lipinski definition) is 1. The number of aryl methyl sites for hydroxylation is 1. The zero-order valence-electron chi connectivity index (χ0n) is 15.8. The molecule has 150 valence electrons. The largest absolute Gasteiger partial charge is 0.368 e. The van der Waals surface area contributed by atoms with E-state index in [0.717, 1.165) is 13.1 Å². The van der Waals surface area contributed by atoms with Crippen LogP contribution in [0.3, 0.4) is 0 Å². The first-order chi connectivity index (χ1) is 13.4. The molecule has 1 fully saturated rings. The highest BCUT2D eigenvalue weighted by atomic mass is 35.5. The van der Waals surface area contributed by atoms with Crippen LogP contribution in [-0.2, 0) is 14.8 Å². The van der Waals surface area contributed by atoms with E-state index < -0.39 is 10.0 Å². The number of sulfonamides is 1. The van der Waals surface area contributed by atoms with E-state index in [4.69, 9.17) is 11.6 Å². The van der Waals surface area contributed by atoms with Crippen LogP contribution in [0.15, 0.2) is 53.4 Å². The Morgan fingerprint density at radius 2 is 1.79 bits per heavy atom. The van der Waals surface area contributed by atoms with Crippen LogP contribution in [0.25, 0.3) is 0 Å². The van der Waals surface area contributed by atoms with Crippen LogP contribution in [0, 0.1) is 6.92 Å². The Kier molecular flexibility index (Phi) is 6.59. The minimum Gasteiger partial charge on any atom is -0.368 e. The van der Waals surface area contributed by atoms with E-state index in [-0.39, 0.29) is 28.8 Å². The number of nitrogens with one attached hydrogen (secondary N) is 1. The van der Waals surface area contributed by atoms with Gasteiger partial charge in [-0.2, -0.15) is 0 Å². The van der Waals surface area contributed by atoms with E-state index >= 15 is 0 Å². The second-order valence-electron chi connectivity index (χ2n) is 6.79. The van der Waals surface area contributed by atoms with Gasteiger partial charge in [0.15, 0.2) is 0 Å². The molecule has 1 aliphatic heterocycles. The van der Waals surface area contributed by atoms with Crippen molar-refractivity contribution >= 4 is 33.2 Å². The first-order valence-electron chi connectivity index (χ1n) is 9.20. The average molecular weight is 422 g/mol. The molecule has 2 aromatic rings. The Balaban J connectivity index is 1.48. The molecule has 2 aromatic carbocycles. The van der Waals surface area contributed by atoms with E-state index in [1.807, 2.05) is 6.07 Å². The van der Waals surface area contributed by atoms with Crippen LogP contribution in [0.4, 0.5) is 5.69 Å². The third kappa shape index (κ3) is 5.04. The monoisotopic (exact) mass is 421 g/mol. The maximum Gasteiger partial charge on any atom is 0.242 e. The zero-order chi connectivity index (χ0) is 20.1. The molecule has 0 spiro atoms. The molecule has 8 heteroatoms. The summed E-state index contributed by atoms with van der Waals surface area (Å²) in [5.41, 5.74) is 2.38. The molecule has 0 saturated carbocycles. The molecule has 3 rings (SSSR count). The smallest absolute Gasteiger partial charge is 0.242 e. The number of halogens is 1. The summed E-state index contributed by atoms with van der Waals surface area (Å²) < 4.78 is 27.1. The standard InChI is InChI=1S/C20H24ClN3O3S/c1-16-5-4-6-17(15-16)23-11-13-24(14-12-23)20(25)9-10-22-28(26,27)19-8-3-2-7-18(19)21/h2-8,15,22H,9-14H2,1H3. The molecule has 0 aromatic heterocycles. The highest BCUT2D eigenvalue weighted by Crippen LogP contribution is 2.20. The summed E-state index contributed by atoms with van der Waals surface area (Å²) in [7, 11) is -3.73. The van der Waals surface area contributed by atoms with Gasteiger partial charge in [-0.05, 0) is 36.8 Å². The lowest BCUT2D eigenvalue weighted by molar-refractivity contribution is -0.131. The number of anilines is 1. The molecule has 1 amide bonds. The average Bonchev–Trinajstić information content (AvgIpc) is 2.68. The summed E-state index contributed by atoms with van der Waals surface area (Å²) in [5, 5.41) is 0.161. The van der Waals surface area contributed by atoms with Gasteiger partial charge in [-0.15, -0.1) is 0 Å². The van der Waals surface area contributed by atoms with Crippen molar-refractivity contribution in [1.29, 1.82) is 0 Å². The molecule has 1 aliphatic rings. The van der Waals surface area contributed by atoms with E-state index in [1.165, 1.54) is 23.4 Å². The number of carbonyl (C=O) groups is 1. The predicted octanol–water partition coefficient (Wildman–Crippen LogP) is 2.67. The maximum atomic E-state index is 12.4. The number of amides is 1. The van der Waals surface area contributed by atoms with Gasteiger partial charge in [0.25, 0.3) is 0 Å². The van der Waals surface area contributed by atoms with Crippen LogP contribution >= 0.6 is 11.6 Å². The Labute approximate surface area is 171 Å². The van der Waals surface area contributed by atoms with Crippen molar-refractivity contribution < 1.29 is 13.2 Å². The highest BCUT2D eigenvalue weighted by Gasteiger charge is 2.22. The molecule has 0 radical (unpaired) electrons. The van der Waals surface area contributed by atoms with Gasteiger partial charge in [0.05, 0.1) is 5.02 Å². The van der Waals surface area contributed by atoms with Crippen molar-refractivity contribution in [3.63, 3.8) is 0 Å². The van der Waals surface area contributed by atoms with Crippen LogP contribution in [0.5, 0.6) is 0 Å². The SMILES string of the molecule is Cc1cccc(N2CCN(C(=O)CCNS(=O)(=O)c3ccccc3Cl)CC2)c1. The predicted molar refractivity (Wildman–Crippen MR) is 111 cm³/mol. The van der Waals surface area contributed by atoms with E-state index in [0.29, 0.717) is 13.1 Å². The maximum absolute atomic E-state index is 12.4. The molecule has 0 bridgehead atoms. The molecule has 6 nitrogen and oxygen atoms in total. The van der Waals surface area contributed by atoms with Crippen LogP contribution in [0.2, 0.25) is 5.02 Å². The fraction of sp³-hybridized carbons (Fsp3) is 0.350. The number of piperazine rings is 1. The van der Waals surface area contributed by atoms with Crippen LogP contribution in [0.1, 0.15) is 12.0 Å². The first kappa shape index (κ1) is 20.6. The quantitative estimate of drug-likeness (QED) is 0.778. The minimum absolute atomic E-state index is 0.0240. The molecule has 1 N–H and O–H groups in total. The van der Waals surface area contributed by atoms with Gasteiger partial charge < -0.3 is 9.80 Å². The third-order valence-electron chi connectivity index (χ3n) is 4.76. The number of carbonyl (C=O) groups excluding carboxylic acids is 1. The molecule has 1 saturated heterocycles. The highest BCUT2D eigenvalue weighted by molar-refractivity contribution is 7.89. The molecule has 0 unspecified atom stereocenters. The summed E-state index contributed by atoms with van der Waals surface area (Å²) in [6, 6.07) is 14.6. The Bertz CT molecular complexity index is 941. The molecule has 0 aliphatic carbocycles. The lowest BCUT2D eigenvalue weighted by atomic mass is 10.2. The summed E-state index contributed by atoms with van der Waals surface area (Å²) in [4.78, 5) is 16.5. The summed E-state index contributed by atoms with van der Waals surface area (Å²) in [6.45, 7) is 4.90. The fourth-order valence-electron chi connectivity index (χ4n) is 3.23. The van der Waals surface area contributed by atoms with Gasteiger partial charge >= 0.3 is 0 Å². The van der Waals surface area contributed by atoms with Crippen molar-refractivity contribution in [2.45, 2.75) is 18.2 Å². The number of nitrogens with zero attached hydrogens (tertiary/aromatic N) is 2. The lowest BCUT2D eigenvalue weighted by Crippen LogP contribution is -2.49. The van der Waals surface area contributed by atoms with Gasteiger partial charge in [-0.1, -0.05) is 35.9 Å². The fourth-order valence-corrected chi connectivity index (χ4v) is 4.78. The van der Waals surface area contributed by atoms with Crippen molar-refractivity contribution in [2.75, 3.05) is 37.6 Å². The zero-order valence-corrected chi connectivity index (χ0v) is 17.3. The number of hydrogen-bond acceptors (Lipinski definition) is 4. The Morgan fingerprint density at radius 3 is 2.46 bits per heavy atom. The summed E-state index contributed by atoms with van der Waals surface area (Å²) in [6.07, 6.45) is 0.119. The van der Waals surface area contributed by atoms with E-state index in [9.17, 15) is 13.2 Å². The molecule has 0 atom stereocenters. The second-order valence-corrected chi connectivity index (χ2v) is 8.93.